The van der Waals surface area contributed by atoms with Gasteiger partial charge in [0.1, 0.15) is 5.25 Å². The van der Waals surface area contributed by atoms with Gasteiger partial charge in [0.15, 0.2) is 15.5 Å². The van der Waals surface area contributed by atoms with E-state index in [-0.39, 0.29) is 17.3 Å². The molecule has 0 aromatic carbocycles. The molecule has 2 rings (SSSR count). The number of methoxy groups -OCH3 is 1. The van der Waals surface area contributed by atoms with Gasteiger partial charge in [-0.1, -0.05) is 6.42 Å². The van der Waals surface area contributed by atoms with Gasteiger partial charge in [0.2, 0.25) is 11.7 Å². The summed E-state index contributed by atoms with van der Waals surface area (Å²) >= 11 is 0. The van der Waals surface area contributed by atoms with Crippen molar-refractivity contribution < 1.29 is 17.9 Å². The summed E-state index contributed by atoms with van der Waals surface area (Å²) in [6, 6.07) is 0. The van der Waals surface area contributed by atoms with Gasteiger partial charge in [-0.3, -0.25) is 4.79 Å². The average molecular weight is 270 g/mol. The molecule has 0 radical (unpaired) electrons. The Hall–Kier alpha value is -1.50. The van der Waals surface area contributed by atoms with Crippen LogP contribution in [0.5, 0.6) is 5.88 Å². The molecule has 1 aliphatic rings. The predicted molar refractivity (Wildman–Crippen MR) is 64.3 cm³/mol. The van der Waals surface area contributed by atoms with Crippen molar-refractivity contribution in [2.75, 3.05) is 12.9 Å². The maximum absolute atomic E-state index is 12.2. The number of ketones is 1. The Morgan fingerprint density at radius 1 is 1.33 bits per heavy atom. The molecule has 0 amide bonds. The van der Waals surface area contributed by atoms with Crippen LogP contribution >= 0.6 is 0 Å². The smallest absolute Gasteiger partial charge is 0.243 e. The summed E-state index contributed by atoms with van der Waals surface area (Å²) in [5, 5.41) is -1.00. The molecule has 0 aliphatic carbocycles. The van der Waals surface area contributed by atoms with E-state index in [1.807, 2.05) is 0 Å². The Morgan fingerprint density at radius 2 is 2.06 bits per heavy atom. The number of ether oxygens (including phenoxy) is 1. The van der Waals surface area contributed by atoms with Crippen molar-refractivity contribution in [1.29, 1.82) is 0 Å². The Morgan fingerprint density at radius 3 is 2.72 bits per heavy atom. The molecule has 1 atom stereocenters. The first-order valence-corrected chi connectivity index (χ1v) is 7.38. The molecule has 1 aromatic heterocycles. The van der Waals surface area contributed by atoms with E-state index in [0.29, 0.717) is 12.8 Å². The molecule has 18 heavy (non-hydrogen) atoms. The molecule has 6 nitrogen and oxygen atoms in total. The van der Waals surface area contributed by atoms with Crippen LogP contribution in [0.15, 0.2) is 12.4 Å². The maximum Gasteiger partial charge on any atom is 0.243 e. The lowest BCUT2D eigenvalue weighted by atomic mass is 10.1. The van der Waals surface area contributed by atoms with Crippen molar-refractivity contribution in [1.82, 2.24) is 9.97 Å². The van der Waals surface area contributed by atoms with E-state index in [9.17, 15) is 13.2 Å². The van der Waals surface area contributed by atoms with Gasteiger partial charge in [0, 0.05) is 12.4 Å². The van der Waals surface area contributed by atoms with Gasteiger partial charge in [-0.05, 0) is 12.8 Å². The van der Waals surface area contributed by atoms with Crippen molar-refractivity contribution in [3.8, 4) is 5.88 Å². The number of hydrogen-bond acceptors (Lipinski definition) is 6. The van der Waals surface area contributed by atoms with Crippen LogP contribution in [-0.2, 0) is 9.84 Å². The van der Waals surface area contributed by atoms with E-state index >= 15 is 0 Å². The average Bonchev–Trinajstić information content (AvgIpc) is 2.37. The molecule has 0 spiro atoms. The van der Waals surface area contributed by atoms with Gasteiger partial charge in [-0.2, -0.15) is 0 Å². The van der Waals surface area contributed by atoms with Gasteiger partial charge in [0.25, 0.3) is 0 Å². The molecule has 1 fully saturated rings. The van der Waals surface area contributed by atoms with Crippen LogP contribution in [0, 0.1) is 0 Å². The van der Waals surface area contributed by atoms with E-state index in [0.717, 1.165) is 6.42 Å². The molecule has 1 unspecified atom stereocenters. The fourth-order valence-corrected chi connectivity index (χ4v) is 3.90. The molecule has 1 saturated heterocycles. The zero-order valence-electron chi connectivity index (χ0n) is 10.00. The lowest BCUT2D eigenvalue weighted by molar-refractivity contribution is 0.0972. The number of aromatic nitrogens is 2. The van der Waals surface area contributed by atoms with Gasteiger partial charge >= 0.3 is 0 Å². The highest BCUT2D eigenvalue weighted by Gasteiger charge is 2.37. The van der Waals surface area contributed by atoms with Gasteiger partial charge in [-0.15, -0.1) is 0 Å². The summed E-state index contributed by atoms with van der Waals surface area (Å²) in [6.45, 7) is 0. The third-order valence-corrected chi connectivity index (χ3v) is 5.14. The molecule has 7 heteroatoms. The normalized spacial score (nSPS) is 22.4. The SMILES string of the molecule is COc1nccnc1C(=O)C1CCCCS1(=O)=O. The van der Waals surface area contributed by atoms with E-state index in [1.54, 1.807) is 0 Å². The van der Waals surface area contributed by atoms with Crippen molar-refractivity contribution in [3.05, 3.63) is 18.1 Å². The number of nitrogens with zero attached hydrogens (tertiary/aromatic N) is 2. The summed E-state index contributed by atoms with van der Waals surface area (Å²) < 4.78 is 28.7. The Kier molecular flexibility index (Phi) is 3.60. The van der Waals surface area contributed by atoms with Crippen molar-refractivity contribution in [2.45, 2.75) is 24.5 Å². The highest BCUT2D eigenvalue weighted by molar-refractivity contribution is 7.92. The first kappa shape index (κ1) is 12.9. The van der Waals surface area contributed by atoms with Crippen molar-refractivity contribution in [3.63, 3.8) is 0 Å². The quantitative estimate of drug-likeness (QED) is 0.749. The van der Waals surface area contributed by atoms with E-state index in [1.165, 1.54) is 19.5 Å². The summed E-state index contributed by atoms with van der Waals surface area (Å²) in [5.74, 6) is -0.380. The fraction of sp³-hybridized carbons (Fsp3) is 0.545. The van der Waals surface area contributed by atoms with Gasteiger partial charge in [-0.25, -0.2) is 18.4 Å². The molecule has 0 bridgehead atoms. The second-order valence-electron chi connectivity index (χ2n) is 4.13. The first-order chi connectivity index (χ1) is 8.56. The summed E-state index contributed by atoms with van der Waals surface area (Å²) in [5.41, 5.74) is -0.00419. The van der Waals surface area contributed by atoms with Crippen LogP contribution < -0.4 is 4.74 Å². The van der Waals surface area contributed by atoms with Crippen LogP contribution in [0.1, 0.15) is 29.8 Å². The zero-order chi connectivity index (χ0) is 13.2. The monoisotopic (exact) mass is 270 g/mol. The van der Waals surface area contributed by atoms with Crippen LogP contribution in [0.2, 0.25) is 0 Å². The Labute approximate surface area is 105 Å². The Bertz CT molecular complexity index is 556. The highest BCUT2D eigenvalue weighted by atomic mass is 32.2. The molecule has 2 heterocycles. The predicted octanol–water partition coefficient (Wildman–Crippen LogP) is 0.635. The standard InChI is InChI=1S/C11H14N2O4S/c1-17-11-9(12-5-6-13-11)10(14)8-4-2-3-7-18(8,15)16/h5-6,8H,2-4,7H2,1H3. The topological polar surface area (TPSA) is 86.2 Å². The molecule has 0 saturated carbocycles. The number of hydrogen-bond donors (Lipinski definition) is 0. The van der Waals surface area contributed by atoms with Crippen LogP contribution in [-0.4, -0.2) is 42.3 Å². The van der Waals surface area contributed by atoms with Crippen molar-refractivity contribution in [2.24, 2.45) is 0 Å². The molecule has 1 aromatic rings. The minimum Gasteiger partial charge on any atom is -0.479 e. The van der Waals surface area contributed by atoms with Gasteiger partial charge in [0.05, 0.1) is 12.9 Å². The number of carbonyl (C=O) groups is 1. The Balaban J connectivity index is 2.36. The summed E-state index contributed by atoms with van der Waals surface area (Å²) in [4.78, 5) is 20.0. The van der Waals surface area contributed by atoms with E-state index in [4.69, 9.17) is 4.74 Å². The van der Waals surface area contributed by atoms with Crippen LogP contribution in [0.3, 0.4) is 0 Å². The lowest BCUT2D eigenvalue weighted by Crippen LogP contribution is -2.36. The number of sulfone groups is 1. The molecular formula is C11H14N2O4S. The van der Waals surface area contributed by atoms with E-state index < -0.39 is 20.9 Å². The third kappa shape index (κ3) is 2.35. The first-order valence-electron chi connectivity index (χ1n) is 5.67. The minimum absolute atomic E-state index is 0.00419. The number of rotatable bonds is 3. The largest absolute Gasteiger partial charge is 0.479 e. The maximum atomic E-state index is 12.2. The van der Waals surface area contributed by atoms with Gasteiger partial charge < -0.3 is 4.74 Å². The number of carbonyl (C=O) groups excluding carboxylic acids is 1. The van der Waals surface area contributed by atoms with E-state index in [2.05, 4.69) is 9.97 Å². The lowest BCUT2D eigenvalue weighted by Gasteiger charge is -2.20. The third-order valence-electron chi connectivity index (χ3n) is 2.96. The summed E-state index contributed by atoms with van der Waals surface area (Å²) in [7, 11) is -2.00. The fourth-order valence-electron chi connectivity index (χ4n) is 2.05. The minimum atomic E-state index is -3.37. The second-order valence-corrected chi connectivity index (χ2v) is 6.43. The summed E-state index contributed by atoms with van der Waals surface area (Å²) in [6.07, 6.45) is 4.44. The van der Waals surface area contributed by atoms with Crippen LogP contribution in [0.25, 0.3) is 0 Å². The molecule has 0 N–H and O–H groups in total. The zero-order valence-corrected chi connectivity index (χ0v) is 10.8. The van der Waals surface area contributed by atoms with Crippen molar-refractivity contribution >= 4 is 15.6 Å². The number of Topliss-reactive ketones (excluding diaryl/α,β-unsaturated/α-hetero) is 1. The second kappa shape index (κ2) is 5.01. The highest BCUT2D eigenvalue weighted by Crippen LogP contribution is 2.24. The molecule has 98 valence electrons. The van der Waals surface area contributed by atoms with Crippen LogP contribution in [0.4, 0.5) is 0 Å². The molecule has 1 aliphatic heterocycles. The molecular weight excluding hydrogens is 256 g/mol.